The molecule has 1 N–H and O–H groups in total. The molecule has 1 aromatic rings. The molecule has 1 unspecified atom stereocenters. The first kappa shape index (κ1) is 15.5. The van der Waals surface area contributed by atoms with Crippen molar-refractivity contribution in [3.63, 3.8) is 0 Å². The number of hydrogen-bond donors (Lipinski definition) is 1. The van der Waals surface area contributed by atoms with Crippen molar-refractivity contribution in [1.29, 1.82) is 0 Å². The van der Waals surface area contributed by atoms with Crippen LogP contribution in [0.15, 0.2) is 24.3 Å². The van der Waals surface area contributed by atoms with E-state index in [1.807, 2.05) is 4.90 Å². The highest BCUT2D eigenvalue weighted by molar-refractivity contribution is 5.97. The van der Waals surface area contributed by atoms with Crippen LogP contribution in [0, 0.1) is 5.92 Å². The number of nitrogens with zero attached hydrogens (tertiary/aromatic N) is 1. The molecule has 0 aliphatic carbocycles. The molecule has 5 heteroatoms. The first-order chi connectivity index (χ1) is 9.99. The number of carbonyl (C=O) groups is 2. The second kappa shape index (κ2) is 6.72. The monoisotopic (exact) mass is 291 g/mol. The van der Waals surface area contributed by atoms with Gasteiger partial charge in [0, 0.05) is 12.1 Å². The van der Waals surface area contributed by atoms with Gasteiger partial charge in [-0.1, -0.05) is 19.9 Å². The third kappa shape index (κ3) is 3.82. The van der Waals surface area contributed by atoms with Gasteiger partial charge in [0.05, 0.1) is 24.8 Å². The fourth-order valence-corrected chi connectivity index (χ4v) is 2.61. The Morgan fingerprint density at radius 1 is 1.38 bits per heavy atom. The lowest BCUT2D eigenvalue weighted by Gasteiger charge is -2.36. The van der Waals surface area contributed by atoms with E-state index in [0.717, 1.165) is 6.42 Å². The Bertz CT molecular complexity index is 527. The number of amides is 1. The minimum atomic E-state index is -1.02. The highest BCUT2D eigenvalue weighted by atomic mass is 16.5. The fraction of sp³-hybridized carbons (Fsp3) is 0.500. The van der Waals surface area contributed by atoms with Gasteiger partial charge in [0.1, 0.15) is 0 Å². The zero-order chi connectivity index (χ0) is 15.4. The summed E-state index contributed by atoms with van der Waals surface area (Å²) in [6.07, 6.45) is 0.879. The number of ether oxygens (including phenoxy) is 1. The molecule has 114 valence electrons. The molecule has 5 nitrogen and oxygen atoms in total. The molecule has 1 amide bonds. The van der Waals surface area contributed by atoms with Crippen LogP contribution in [0.4, 0.5) is 0 Å². The third-order valence-corrected chi connectivity index (χ3v) is 3.59. The summed E-state index contributed by atoms with van der Waals surface area (Å²) < 4.78 is 5.47. The summed E-state index contributed by atoms with van der Waals surface area (Å²) in [5.41, 5.74) is 0.556. The van der Waals surface area contributed by atoms with E-state index in [2.05, 4.69) is 13.8 Å². The SMILES string of the molecule is CC(C)CC1COCCN1C(=O)c1cccc(C(=O)O)c1. The Morgan fingerprint density at radius 3 is 2.76 bits per heavy atom. The minimum Gasteiger partial charge on any atom is -0.478 e. The second-order valence-electron chi connectivity index (χ2n) is 5.74. The molecule has 0 spiro atoms. The number of carboxylic acid groups (broad SMARTS) is 1. The average Bonchev–Trinajstić information content (AvgIpc) is 2.46. The number of morpholine rings is 1. The number of carboxylic acids is 1. The standard InChI is InChI=1S/C16H21NO4/c1-11(2)8-14-10-21-7-6-17(14)15(18)12-4-3-5-13(9-12)16(19)20/h3-5,9,11,14H,6-8,10H2,1-2H3,(H,19,20). The van der Waals surface area contributed by atoms with E-state index in [-0.39, 0.29) is 17.5 Å². The first-order valence-electron chi connectivity index (χ1n) is 7.21. The average molecular weight is 291 g/mol. The van der Waals surface area contributed by atoms with Crippen molar-refractivity contribution in [3.05, 3.63) is 35.4 Å². The summed E-state index contributed by atoms with van der Waals surface area (Å²) in [5, 5.41) is 9.03. The van der Waals surface area contributed by atoms with E-state index >= 15 is 0 Å². The second-order valence-corrected chi connectivity index (χ2v) is 5.74. The van der Waals surface area contributed by atoms with Gasteiger partial charge in [-0.25, -0.2) is 4.79 Å². The predicted octanol–water partition coefficient (Wildman–Crippen LogP) is 2.27. The van der Waals surface area contributed by atoms with E-state index in [1.165, 1.54) is 12.1 Å². The van der Waals surface area contributed by atoms with E-state index in [0.29, 0.717) is 31.2 Å². The molecule has 0 bridgehead atoms. The molecule has 1 fully saturated rings. The molecule has 1 aliphatic heterocycles. The van der Waals surface area contributed by atoms with E-state index in [9.17, 15) is 9.59 Å². The maximum Gasteiger partial charge on any atom is 0.335 e. The van der Waals surface area contributed by atoms with Crippen LogP contribution in [-0.2, 0) is 4.74 Å². The molecule has 1 saturated heterocycles. The van der Waals surface area contributed by atoms with Gasteiger partial charge < -0.3 is 14.7 Å². The maximum absolute atomic E-state index is 12.6. The highest BCUT2D eigenvalue weighted by Crippen LogP contribution is 2.19. The van der Waals surface area contributed by atoms with Crippen LogP contribution >= 0.6 is 0 Å². The molecular weight excluding hydrogens is 270 g/mol. The summed E-state index contributed by atoms with van der Waals surface area (Å²) in [4.78, 5) is 25.5. The first-order valence-corrected chi connectivity index (χ1v) is 7.21. The molecule has 1 heterocycles. The Labute approximate surface area is 124 Å². The Morgan fingerprint density at radius 2 is 2.10 bits per heavy atom. The van der Waals surface area contributed by atoms with Crippen LogP contribution in [0.2, 0.25) is 0 Å². The van der Waals surface area contributed by atoms with Gasteiger partial charge >= 0.3 is 5.97 Å². The van der Waals surface area contributed by atoms with Gasteiger partial charge in [0.25, 0.3) is 5.91 Å². The molecule has 0 aromatic heterocycles. The largest absolute Gasteiger partial charge is 0.478 e. The number of carbonyl (C=O) groups excluding carboxylic acids is 1. The molecular formula is C16H21NO4. The molecule has 1 aliphatic rings. The van der Waals surface area contributed by atoms with Crippen molar-refractivity contribution in [3.8, 4) is 0 Å². The topological polar surface area (TPSA) is 66.8 Å². The number of benzene rings is 1. The van der Waals surface area contributed by atoms with Crippen molar-refractivity contribution in [2.24, 2.45) is 5.92 Å². The van der Waals surface area contributed by atoms with Crippen LogP contribution in [0.5, 0.6) is 0 Å². The van der Waals surface area contributed by atoms with Crippen molar-refractivity contribution in [2.75, 3.05) is 19.8 Å². The predicted molar refractivity (Wildman–Crippen MR) is 78.5 cm³/mol. The van der Waals surface area contributed by atoms with E-state index in [1.54, 1.807) is 12.1 Å². The summed E-state index contributed by atoms with van der Waals surface area (Å²) in [6, 6.07) is 6.25. The smallest absolute Gasteiger partial charge is 0.335 e. The summed E-state index contributed by atoms with van der Waals surface area (Å²) in [5.74, 6) is -0.672. The fourth-order valence-electron chi connectivity index (χ4n) is 2.61. The van der Waals surface area contributed by atoms with Crippen molar-refractivity contribution < 1.29 is 19.4 Å². The van der Waals surface area contributed by atoms with Crippen LogP contribution < -0.4 is 0 Å². The quantitative estimate of drug-likeness (QED) is 0.924. The summed E-state index contributed by atoms with van der Waals surface area (Å²) in [7, 11) is 0. The van der Waals surface area contributed by atoms with E-state index < -0.39 is 5.97 Å². The third-order valence-electron chi connectivity index (χ3n) is 3.59. The molecule has 1 aromatic carbocycles. The van der Waals surface area contributed by atoms with E-state index in [4.69, 9.17) is 9.84 Å². The zero-order valence-electron chi connectivity index (χ0n) is 12.4. The van der Waals surface area contributed by atoms with Crippen molar-refractivity contribution >= 4 is 11.9 Å². The number of rotatable bonds is 4. The molecule has 0 radical (unpaired) electrons. The molecule has 0 saturated carbocycles. The van der Waals surface area contributed by atoms with Crippen molar-refractivity contribution in [1.82, 2.24) is 4.90 Å². The van der Waals surface area contributed by atoms with Gasteiger partial charge in [-0.2, -0.15) is 0 Å². The Balaban J connectivity index is 2.20. The van der Waals surface area contributed by atoms with Crippen LogP contribution in [-0.4, -0.2) is 47.7 Å². The van der Waals surface area contributed by atoms with Gasteiger partial charge in [0.15, 0.2) is 0 Å². The van der Waals surface area contributed by atoms with Crippen LogP contribution in [0.25, 0.3) is 0 Å². The van der Waals surface area contributed by atoms with Gasteiger partial charge in [-0.3, -0.25) is 4.79 Å². The van der Waals surface area contributed by atoms with Gasteiger partial charge in [-0.05, 0) is 30.5 Å². The zero-order valence-corrected chi connectivity index (χ0v) is 12.4. The minimum absolute atomic E-state index is 0.0553. The number of hydrogen-bond acceptors (Lipinski definition) is 3. The van der Waals surface area contributed by atoms with Crippen LogP contribution in [0.3, 0.4) is 0 Å². The highest BCUT2D eigenvalue weighted by Gasteiger charge is 2.28. The normalized spacial score (nSPS) is 18.8. The summed E-state index contributed by atoms with van der Waals surface area (Å²) >= 11 is 0. The lowest BCUT2D eigenvalue weighted by Crippen LogP contribution is -2.49. The van der Waals surface area contributed by atoms with Gasteiger partial charge in [0.2, 0.25) is 0 Å². The molecule has 1 atom stereocenters. The lowest BCUT2D eigenvalue weighted by atomic mass is 10.0. The Kier molecular flexibility index (Phi) is 4.96. The summed E-state index contributed by atoms with van der Waals surface area (Å²) in [6.45, 7) is 5.85. The molecule has 21 heavy (non-hydrogen) atoms. The maximum atomic E-state index is 12.6. The van der Waals surface area contributed by atoms with Crippen molar-refractivity contribution in [2.45, 2.75) is 26.3 Å². The van der Waals surface area contributed by atoms with Crippen LogP contribution in [0.1, 0.15) is 41.0 Å². The molecule has 2 rings (SSSR count). The van der Waals surface area contributed by atoms with Gasteiger partial charge in [-0.15, -0.1) is 0 Å². The lowest BCUT2D eigenvalue weighted by molar-refractivity contribution is -0.00746. The Hall–Kier alpha value is -1.88. The number of aromatic carboxylic acids is 1.